The molecular weight excluding hydrogens is 433 g/mol. The second kappa shape index (κ2) is 6.71. The van der Waals surface area contributed by atoms with Crippen LogP contribution in [0.1, 0.15) is 38.3 Å². The zero-order valence-corrected chi connectivity index (χ0v) is 18.9. The highest BCUT2D eigenvalue weighted by Gasteiger charge is 2.59. The van der Waals surface area contributed by atoms with E-state index in [0.29, 0.717) is 24.2 Å². The van der Waals surface area contributed by atoms with E-state index in [-0.39, 0.29) is 12.1 Å². The third kappa shape index (κ3) is 3.04. The van der Waals surface area contributed by atoms with Gasteiger partial charge in [0.05, 0.1) is 11.0 Å². The van der Waals surface area contributed by atoms with Gasteiger partial charge in [0, 0.05) is 42.9 Å². The molecule has 2 aliphatic rings. The molecule has 9 heteroatoms. The van der Waals surface area contributed by atoms with Gasteiger partial charge in [-0.1, -0.05) is 20.8 Å². The van der Waals surface area contributed by atoms with E-state index in [4.69, 9.17) is 0 Å². The van der Waals surface area contributed by atoms with Crippen LogP contribution in [0.15, 0.2) is 35.3 Å². The van der Waals surface area contributed by atoms with Crippen molar-refractivity contribution < 1.29 is 18.0 Å². The Morgan fingerprint density at radius 3 is 2.61 bits per heavy atom. The van der Waals surface area contributed by atoms with Gasteiger partial charge in [-0.15, -0.1) is 0 Å². The largest absolute Gasteiger partial charge is 0.471 e. The number of pyridine rings is 1. The summed E-state index contributed by atoms with van der Waals surface area (Å²) in [5, 5.41) is 0. The zero-order chi connectivity index (χ0) is 23.9. The lowest BCUT2D eigenvalue weighted by Gasteiger charge is -2.60. The minimum Gasteiger partial charge on any atom is -0.338 e. The summed E-state index contributed by atoms with van der Waals surface area (Å²) < 4.78 is 41.4. The van der Waals surface area contributed by atoms with Gasteiger partial charge in [0.2, 0.25) is 5.56 Å². The van der Waals surface area contributed by atoms with Gasteiger partial charge in [-0.3, -0.25) is 9.59 Å². The predicted octanol–water partition coefficient (Wildman–Crippen LogP) is 3.93. The Bertz CT molecular complexity index is 1350. The summed E-state index contributed by atoms with van der Waals surface area (Å²) in [7, 11) is 1.67. The summed E-state index contributed by atoms with van der Waals surface area (Å²) in [6, 6.07) is 6.61. The van der Waals surface area contributed by atoms with Crippen LogP contribution in [0.2, 0.25) is 0 Å². The van der Waals surface area contributed by atoms with Gasteiger partial charge in [-0.05, 0) is 47.6 Å². The number of piperidine rings is 1. The average Bonchev–Trinajstić information content (AvgIpc) is 3.14. The number of aromatic nitrogens is 3. The van der Waals surface area contributed by atoms with Crippen LogP contribution in [-0.2, 0) is 23.7 Å². The Labute approximate surface area is 188 Å². The first kappa shape index (κ1) is 21.7. The van der Waals surface area contributed by atoms with Crippen molar-refractivity contribution in [1.82, 2.24) is 19.4 Å². The topological polar surface area (TPSA) is 71.0 Å². The summed E-state index contributed by atoms with van der Waals surface area (Å²) >= 11 is 0. The number of carbonyl (C=O) groups excluding carboxylic acids is 1. The van der Waals surface area contributed by atoms with Gasteiger partial charge >= 0.3 is 12.1 Å². The fraction of sp³-hybridized carbons (Fsp3) is 0.458. The van der Waals surface area contributed by atoms with E-state index in [0.717, 1.165) is 27.1 Å². The van der Waals surface area contributed by atoms with Crippen molar-refractivity contribution in [3.8, 4) is 11.4 Å². The van der Waals surface area contributed by atoms with Crippen molar-refractivity contribution in [3.05, 3.63) is 51.9 Å². The number of nitrogens with zero attached hydrogens (tertiary/aromatic N) is 3. The number of rotatable bonds is 1. The van der Waals surface area contributed by atoms with Gasteiger partial charge < -0.3 is 14.5 Å². The van der Waals surface area contributed by atoms with E-state index >= 15 is 0 Å². The maximum Gasteiger partial charge on any atom is 0.471 e. The highest BCUT2D eigenvalue weighted by molar-refractivity contribution is 5.84. The molecule has 1 aromatic carbocycles. The maximum absolute atomic E-state index is 13.3. The number of halogens is 3. The highest BCUT2D eigenvalue weighted by Crippen LogP contribution is 2.56. The van der Waals surface area contributed by atoms with E-state index in [1.165, 1.54) is 10.6 Å². The first-order valence-electron chi connectivity index (χ1n) is 10.9. The van der Waals surface area contributed by atoms with Crippen molar-refractivity contribution in [2.45, 2.75) is 51.2 Å². The summed E-state index contributed by atoms with van der Waals surface area (Å²) in [5.41, 5.74) is 3.24. The highest BCUT2D eigenvalue weighted by atomic mass is 19.4. The second-order valence-corrected chi connectivity index (χ2v) is 10.00. The number of aryl methyl sites for hydroxylation is 1. The van der Waals surface area contributed by atoms with Gasteiger partial charge in [0.25, 0.3) is 0 Å². The van der Waals surface area contributed by atoms with Crippen LogP contribution in [0, 0.1) is 5.41 Å². The summed E-state index contributed by atoms with van der Waals surface area (Å²) in [5.74, 6) is -1.15. The average molecular weight is 458 g/mol. The van der Waals surface area contributed by atoms with Crippen molar-refractivity contribution in [2.75, 3.05) is 6.54 Å². The first-order chi connectivity index (χ1) is 15.3. The van der Waals surface area contributed by atoms with Crippen LogP contribution in [0.25, 0.3) is 22.4 Å². The van der Waals surface area contributed by atoms with Crippen LogP contribution in [0.3, 0.4) is 0 Å². The number of hydrogen-bond donors (Lipinski definition) is 1. The SMILES string of the molecule is Cn1cc(-c2nc3cc4c(cc3[nH]2)[C@]2(C)CCN(C(=O)C(F)(F)F)[C@H](C4)C2(C)C)ccc1=O. The van der Waals surface area contributed by atoms with Crippen molar-refractivity contribution in [1.29, 1.82) is 0 Å². The lowest BCUT2D eigenvalue weighted by molar-refractivity contribution is -0.195. The fourth-order valence-corrected chi connectivity index (χ4v) is 5.69. The molecule has 1 aliphatic carbocycles. The molecule has 1 aliphatic heterocycles. The molecule has 174 valence electrons. The van der Waals surface area contributed by atoms with E-state index in [2.05, 4.69) is 23.0 Å². The van der Waals surface area contributed by atoms with Crippen LogP contribution in [0.5, 0.6) is 0 Å². The number of fused-ring (bicyclic) bond motifs is 5. The summed E-state index contributed by atoms with van der Waals surface area (Å²) in [6.45, 7) is 6.09. The number of hydrogen-bond acceptors (Lipinski definition) is 3. The summed E-state index contributed by atoms with van der Waals surface area (Å²) in [4.78, 5) is 33.0. The van der Waals surface area contributed by atoms with E-state index in [9.17, 15) is 22.8 Å². The van der Waals surface area contributed by atoms with Crippen molar-refractivity contribution >= 4 is 16.9 Å². The molecule has 0 radical (unpaired) electrons. The molecule has 33 heavy (non-hydrogen) atoms. The Morgan fingerprint density at radius 2 is 1.94 bits per heavy atom. The van der Waals surface area contributed by atoms with Gasteiger partial charge in [-0.25, -0.2) is 4.98 Å². The van der Waals surface area contributed by atoms with Crippen molar-refractivity contribution in [2.24, 2.45) is 12.5 Å². The lowest BCUT2D eigenvalue weighted by atomic mass is 9.51. The molecular formula is C24H25F3N4O2. The quantitative estimate of drug-likeness (QED) is 0.601. The Kier molecular flexibility index (Phi) is 4.42. The van der Waals surface area contributed by atoms with Gasteiger partial charge in [-0.2, -0.15) is 13.2 Å². The second-order valence-electron chi connectivity index (χ2n) is 10.00. The standard InChI is InChI=1S/C24H25F3N4O2/c1-22(2)18-10-14-9-16-17(29-20(28-16)13-5-6-19(32)30(4)12-13)11-15(14)23(22,3)7-8-31(18)21(33)24(25,26)27/h5-6,9,11-12,18H,7-8,10H2,1-4H3,(H,28,29)/t18-,23+/m1/s1. The number of alkyl halides is 3. The molecule has 1 saturated heterocycles. The Balaban J connectivity index is 1.62. The Morgan fingerprint density at radius 1 is 1.21 bits per heavy atom. The molecule has 2 atom stereocenters. The molecule has 3 aromatic rings. The van der Waals surface area contributed by atoms with Gasteiger partial charge in [0.1, 0.15) is 5.82 Å². The monoisotopic (exact) mass is 458 g/mol. The minimum atomic E-state index is -4.89. The van der Waals surface area contributed by atoms with Crippen LogP contribution < -0.4 is 5.56 Å². The Hall–Kier alpha value is -3.10. The van der Waals surface area contributed by atoms with Gasteiger partial charge in [0.15, 0.2) is 0 Å². The third-order valence-electron chi connectivity index (χ3n) is 8.06. The van der Waals surface area contributed by atoms with Crippen LogP contribution in [0.4, 0.5) is 13.2 Å². The van der Waals surface area contributed by atoms with E-state index < -0.39 is 29.0 Å². The van der Waals surface area contributed by atoms with Crippen LogP contribution in [-0.4, -0.2) is 44.1 Å². The van der Waals surface area contributed by atoms with E-state index in [1.807, 2.05) is 19.9 Å². The molecule has 5 rings (SSSR count). The lowest BCUT2D eigenvalue weighted by Crippen LogP contribution is -2.66. The molecule has 1 fully saturated rings. The molecule has 0 spiro atoms. The maximum atomic E-state index is 13.3. The number of aromatic amines is 1. The first-order valence-corrected chi connectivity index (χ1v) is 10.9. The molecule has 1 N–H and O–H groups in total. The van der Waals surface area contributed by atoms with E-state index in [1.54, 1.807) is 19.3 Å². The number of H-pyrrole nitrogens is 1. The molecule has 1 amide bonds. The van der Waals surface area contributed by atoms with Crippen molar-refractivity contribution in [3.63, 3.8) is 0 Å². The number of imidazole rings is 1. The number of likely N-dealkylation sites (tertiary alicyclic amines) is 1. The number of nitrogens with one attached hydrogen (secondary N) is 1. The molecule has 3 heterocycles. The number of amides is 1. The number of benzene rings is 1. The summed E-state index contributed by atoms with van der Waals surface area (Å²) in [6.07, 6.45) is -2.39. The smallest absolute Gasteiger partial charge is 0.338 e. The normalized spacial score (nSPS) is 24.1. The predicted molar refractivity (Wildman–Crippen MR) is 118 cm³/mol. The fourth-order valence-electron chi connectivity index (χ4n) is 5.69. The molecule has 2 aromatic heterocycles. The molecule has 0 unspecified atom stereocenters. The molecule has 2 bridgehead atoms. The third-order valence-corrected chi connectivity index (χ3v) is 8.06. The number of carbonyl (C=O) groups is 1. The molecule has 6 nitrogen and oxygen atoms in total. The van der Waals surface area contributed by atoms with Crippen LogP contribution >= 0.6 is 0 Å². The minimum absolute atomic E-state index is 0.0761. The zero-order valence-electron chi connectivity index (χ0n) is 18.9. The molecule has 0 saturated carbocycles.